The molecule has 3 aromatic rings. The van der Waals surface area contributed by atoms with Gasteiger partial charge >= 0.3 is 12.2 Å². The van der Waals surface area contributed by atoms with Gasteiger partial charge in [0.2, 0.25) is 5.91 Å². The van der Waals surface area contributed by atoms with E-state index in [9.17, 15) is 22.8 Å². The van der Waals surface area contributed by atoms with E-state index in [-0.39, 0.29) is 31.1 Å². The lowest BCUT2D eigenvalue weighted by atomic mass is 10.1. The molecule has 0 aliphatic rings. The number of hydrogen-bond donors (Lipinski definition) is 2. The highest BCUT2D eigenvalue weighted by molar-refractivity contribution is 5.85. The largest absolute Gasteiger partial charge is 0.416 e. The number of rotatable bonds is 8. The molecule has 37 heavy (non-hydrogen) atoms. The Morgan fingerprint density at radius 3 is 2.24 bits per heavy atom. The molecule has 0 aliphatic heterocycles. The molecular formula is C28H35F3N4O2. The summed E-state index contributed by atoms with van der Waals surface area (Å²) in [5, 5.41) is 3.95. The van der Waals surface area contributed by atoms with Crippen LogP contribution in [0.1, 0.15) is 51.3 Å². The van der Waals surface area contributed by atoms with Crippen molar-refractivity contribution >= 4 is 22.8 Å². The van der Waals surface area contributed by atoms with Crippen molar-refractivity contribution in [2.24, 2.45) is 0 Å². The van der Waals surface area contributed by atoms with Gasteiger partial charge in [-0.2, -0.15) is 13.2 Å². The van der Waals surface area contributed by atoms with Crippen LogP contribution in [0.25, 0.3) is 10.9 Å². The van der Waals surface area contributed by atoms with Gasteiger partial charge in [0.25, 0.3) is 0 Å². The fraction of sp³-hybridized carbons (Fsp3) is 0.429. The Morgan fingerprint density at radius 2 is 1.65 bits per heavy atom. The van der Waals surface area contributed by atoms with Crippen LogP contribution in [0.3, 0.4) is 0 Å². The Balaban J connectivity index is 1.82. The molecule has 2 aromatic carbocycles. The lowest BCUT2D eigenvalue weighted by Gasteiger charge is -2.33. The zero-order valence-corrected chi connectivity index (χ0v) is 21.9. The number of halogens is 3. The smallest absolute Gasteiger partial charge is 0.361 e. The summed E-state index contributed by atoms with van der Waals surface area (Å²) in [5.41, 5.74) is 1.39. The number of para-hydroxylation sites is 1. The van der Waals surface area contributed by atoms with E-state index in [0.29, 0.717) is 18.5 Å². The molecule has 0 atom stereocenters. The summed E-state index contributed by atoms with van der Waals surface area (Å²) in [4.78, 5) is 32.7. The minimum atomic E-state index is -4.43. The fourth-order valence-electron chi connectivity index (χ4n) is 4.03. The third-order valence-electron chi connectivity index (χ3n) is 6.01. The number of nitrogens with zero attached hydrogens (tertiary/aromatic N) is 2. The van der Waals surface area contributed by atoms with Crippen molar-refractivity contribution in [3.8, 4) is 0 Å². The minimum absolute atomic E-state index is 0.131. The molecule has 0 spiro atoms. The van der Waals surface area contributed by atoms with Crippen LogP contribution >= 0.6 is 0 Å². The third kappa shape index (κ3) is 7.74. The van der Waals surface area contributed by atoms with E-state index in [1.165, 1.54) is 17.0 Å². The molecule has 0 saturated heterocycles. The van der Waals surface area contributed by atoms with Crippen LogP contribution in [-0.2, 0) is 23.9 Å². The summed E-state index contributed by atoms with van der Waals surface area (Å²) in [5.74, 6) is -0.280. The minimum Gasteiger partial charge on any atom is -0.361 e. The molecule has 0 bridgehead atoms. The maximum atomic E-state index is 13.5. The fourth-order valence-corrected chi connectivity index (χ4v) is 4.03. The number of carbonyl (C=O) groups excluding carboxylic acids is 2. The number of alkyl halides is 3. The summed E-state index contributed by atoms with van der Waals surface area (Å²) in [6.45, 7) is 9.59. The van der Waals surface area contributed by atoms with Crippen molar-refractivity contribution in [2.75, 3.05) is 13.1 Å². The number of urea groups is 1. The van der Waals surface area contributed by atoms with E-state index < -0.39 is 17.3 Å². The third-order valence-corrected chi connectivity index (χ3v) is 6.01. The molecule has 2 N–H and O–H groups in total. The van der Waals surface area contributed by atoms with E-state index in [1.54, 1.807) is 4.90 Å². The quantitative estimate of drug-likeness (QED) is 0.387. The van der Waals surface area contributed by atoms with Gasteiger partial charge in [0, 0.05) is 41.8 Å². The molecule has 9 heteroatoms. The number of aromatic amines is 1. The van der Waals surface area contributed by atoms with Gasteiger partial charge in [0.1, 0.15) is 6.54 Å². The highest BCUT2D eigenvalue weighted by Crippen LogP contribution is 2.29. The number of nitrogens with one attached hydrogen (secondary N) is 2. The van der Waals surface area contributed by atoms with Crippen molar-refractivity contribution in [1.29, 1.82) is 0 Å². The first kappa shape index (κ1) is 28.1. The zero-order chi connectivity index (χ0) is 27.4. The van der Waals surface area contributed by atoms with Crippen LogP contribution in [0.5, 0.6) is 0 Å². The Kier molecular flexibility index (Phi) is 8.56. The molecule has 0 unspecified atom stereocenters. The number of aromatic nitrogens is 1. The molecular weight excluding hydrogens is 481 g/mol. The first-order valence-corrected chi connectivity index (χ1v) is 12.3. The number of amides is 3. The Hall–Kier alpha value is -3.49. The Morgan fingerprint density at radius 1 is 1.00 bits per heavy atom. The second-order valence-corrected chi connectivity index (χ2v) is 10.5. The van der Waals surface area contributed by atoms with E-state index in [2.05, 4.69) is 10.3 Å². The van der Waals surface area contributed by atoms with Crippen molar-refractivity contribution in [3.63, 3.8) is 0 Å². The van der Waals surface area contributed by atoms with Gasteiger partial charge in [-0.3, -0.25) is 4.79 Å². The summed E-state index contributed by atoms with van der Waals surface area (Å²) >= 11 is 0. The number of fused-ring (bicyclic) bond motifs is 1. The molecule has 0 aliphatic carbocycles. The Labute approximate surface area is 215 Å². The van der Waals surface area contributed by atoms with Gasteiger partial charge in [-0.25, -0.2) is 4.79 Å². The van der Waals surface area contributed by atoms with Crippen molar-refractivity contribution in [2.45, 2.75) is 65.3 Å². The van der Waals surface area contributed by atoms with Crippen molar-refractivity contribution in [1.82, 2.24) is 20.1 Å². The van der Waals surface area contributed by atoms with Crippen LogP contribution in [0.2, 0.25) is 0 Å². The SMILES string of the molecule is CC(C)N(CC(=O)N(CCc1c[nH]c2ccccc12)Cc1ccc(C(F)(F)F)cc1)C(=O)NC(C)(C)C. The summed E-state index contributed by atoms with van der Waals surface area (Å²) in [6, 6.07) is 12.1. The number of carbonyl (C=O) groups is 2. The second-order valence-electron chi connectivity index (χ2n) is 10.5. The first-order valence-electron chi connectivity index (χ1n) is 12.3. The number of benzene rings is 2. The average molecular weight is 517 g/mol. The summed E-state index contributed by atoms with van der Waals surface area (Å²) in [6.07, 6.45) is -1.98. The van der Waals surface area contributed by atoms with Crippen LogP contribution < -0.4 is 5.32 Å². The van der Waals surface area contributed by atoms with E-state index in [0.717, 1.165) is 28.6 Å². The number of hydrogen-bond acceptors (Lipinski definition) is 2. The molecule has 3 amide bonds. The highest BCUT2D eigenvalue weighted by Gasteiger charge is 2.30. The van der Waals surface area contributed by atoms with Gasteiger partial charge in [-0.15, -0.1) is 0 Å². The van der Waals surface area contributed by atoms with Crippen LogP contribution in [0, 0.1) is 0 Å². The predicted molar refractivity (Wildman–Crippen MR) is 139 cm³/mol. The highest BCUT2D eigenvalue weighted by atomic mass is 19.4. The molecule has 6 nitrogen and oxygen atoms in total. The van der Waals surface area contributed by atoms with Gasteiger partial charge in [0.15, 0.2) is 0 Å². The monoisotopic (exact) mass is 516 g/mol. The number of H-pyrrole nitrogens is 1. The molecule has 200 valence electrons. The molecule has 1 heterocycles. The van der Waals surface area contributed by atoms with Gasteiger partial charge < -0.3 is 20.1 Å². The van der Waals surface area contributed by atoms with Gasteiger partial charge in [-0.1, -0.05) is 30.3 Å². The van der Waals surface area contributed by atoms with E-state index in [4.69, 9.17) is 0 Å². The van der Waals surface area contributed by atoms with Crippen molar-refractivity contribution in [3.05, 3.63) is 71.4 Å². The molecule has 0 fully saturated rings. The standard InChI is InChI=1S/C28H35F3N4O2/c1-19(2)35(26(37)33-27(3,4)5)18-25(36)34(17-20-10-12-22(13-11-20)28(29,30)31)15-14-21-16-32-24-9-7-6-8-23(21)24/h6-13,16,19,32H,14-15,17-18H2,1-5H3,(H,33,37). The summed E-state index contributed by atoms with van der Waals surface area (Å²) in [7, 11) is 0. The molecule has 0 saturated carbocycles. The van der Waals surface area contributed by atoms with Gasteiger partial charge in [0.05, 0.1) is 5.56 Å². The first-order chi connectivity index (χ1) is 17.2. The Bertz CT molecular complexity index is 1210. The zero-order valence-electron chi connectivity index (χ0n) is 21.9. The maximum Gasteiger partial charge on any atom is 0.416 e. The van der Waals surface area contributed by atoms with Gasteiger partial charge in [-0.05, 0) is 70.4 Å². The van der Waals surface area contributed by atoms with Crippen LogP contribution in [-0.4, -0.2) is 51.4 Å². The predicted octanol–water partition coefficient (Wildman–Crippen LogP) is 5.98. The molecule has 0 radical (unpaired) electrons. The van der Waals surface area contributed by atoms with Crippen LogP contribution in [0.4, 0.5) is 18.0 Å². The molecule has 3 rings (SSSR count). The average Bonchev–Trinajstić information content (AvgIpc) is 3.21. The topological polar surface area (TPSA) is 68.4 Å². The molecule has 1 aromatic heterocycles. The lowest BCUT2D eigenvalue weighted by molar-refractivity contribution is -0.137. The second kappa shape index (κ2) is 11.3. The summed E-state index contributed by atoms with van der Waals surface area (Å²) < 4.78 is 39.1. The van der Waals surface area contributed by atoms with E-state index >= 15 is 0 Å². The van der Waals surface area contributed by atoms with E-state index in [1.807, 2.05) is 65.1 Å². The normalized spacial score (nSPS) is 12.1. The maximum absolute atomic E-state index is 13.5. The van der Waals surface area contributed by atoms with Crippen LogP contribution in [0.15, 0.2) is 54.7 Å². The van der Waals surface area contributed by atoms with Crippen molar-refractivity contribution < 1.29 is 22.8 Å². The lowest BCUT2D eigenvalue weighted by Crippen LogP contribution is -2.53.